The molecule has 4 N–H and O–H groups in total. The fourth-order valence-corrected chi connectivity index (χ4v) is 3.75. The largest absolute Gasteiger partial charge is 0.308 e. The van der Waals surface area contributed by atoms with Gasteiger partial charge in [-0.2, -0.15) is 0 Å². The topological polar surface area (TPSA) is 97.1 Å². The monoisotopic (exact) mass is 284 g/mol. The maximum atomic E-state index is 12.2. The molecule has 19 heavy (non-hydrogen) atoms. The highest BCUT2D eigenvalue weighted by atomic mass is 32.2. The number of hydrogen-bond acceptors (Lipinski definition) is 5. The van der Waals surface area contributed by atoms with E-state index in [1.165, 1.54) is 31.2 Å². The molecule has 1 unspecified atom stereocenters. The predicted molar refractivity (Wildman–Crippen MR) is 73.8 cm³/mol. The minimum atomic E-state index is -3.50. The third kappa shape index (κ3) is 3.43. The van der Waals surface area contributed by atoms with E-state index in [0.717, 1.165) is 12.8 Å². The van der Waals surface area contributed by atoms with Gasteiger partial charge in [0.05, 0.1) is 0 Å². The van der Waals surface area contributed by atoms with Gasteiger partial charge in [0.25, 0.3) is 0 Å². The Bertz CT molecular complexity index is 509. The molecule has 1 aliphatic carbocycles. The Morgan fingerprint density at radius 3 is 2.58 bits per heavy atom. The summed E-state index contributed by atoms with van der Waals surface area (Å²) in [5.74, 6) is 6.07. The Morgan fingerprint density at radius 2 is 2.05 bits per heavy atom. The smallest absolute Gasteiger partial charge is 0.242 e. The number of aromatic nitrogens is 1. The molecule has 0 aromatic carbocycles. The first-order chi connectivity index (χ1) is 9.03. The summed E-state index contributed by atoms with van der Waals surface area (Å²) >= 11 is 0. The molecule has 1 atom stereocenters. The summed E-state index contributed by atoms with van der Waals surface area (Å²) in [5.41, 5.74) is 2.36. The summed E-state index contributed by atoms with van der Waals surface area (Å²) in [6, 6.07) is 2.99. The van der Waals surface area contributed by atoms with Gasteiger partial charge in [0, 0.05) is 12.2 Å². The van der Waals surface area contributed by atoms with Crippen molar-refractivity contribution in [3.8, 4) is 0 Å². The molecule has 2 rings (SSSR count). The van der Waals surface area contributed by atoms with E-state index in [2.05, 4.69) is 15.1 Å². The van der Waals surface area contributed by atoms with E-state index in [4.69, 9.17) is 5.84 Å². The number of pyridine rings is 1. The number of nitrogen functional groups attached to an aromatic ring is 1. The van der Waals surface area contributed by atoms with Gasteiger partial charge in [-0.15, -0.1) is 0 Å². The molecule has 1 fully saturated rings. The van der Waals surface area contributed by atoms with Crippen LogP contribution >= 0.6 is 0 Å². The van der Waals surface area contributed by atoms with Crippen molar-refractivity contribution in [2.75, 3.05) is 5.43 Å². The van der Waals surface area contributed by atoms with E-state index >= 15 is 0 Å². The molecule has 7 heteroatoms. The van der Waals surface area contributed by atoms with Crippen LogP contribution in [0, 0.1) is 5.92 Å². The number of nitrogens with one attached hydrogen (secondary N) is 2. The molecule has 0 saturated heterocycles. The van der Waals surface area contributed by atoms with E-state index < -0.39 is 10.0 Å². The van der Waals surface area contributed by atoms with E-state index in [9.17, 15) is 8.42 Å². The number of sulfonamides is 1. The van der Waals surface area contributed by atoms with Gasteiger partial charge < -0.3 is 5.43 Å². The van der Waals surface area contributed by atoms with Gasteiger partial charge in [-0.25, -0.2) is 24.0 Å². The highest BCUT2D eigenvalue weighted by molar-refractivity contribution is 7.89. The maximum Gasteiger partial charge on any atom is 0.242 e. The van der Waals surface area contributed by atoms with Crippen LogP contribution in [0.5, 0.6) is 0 Å². The third-order valence-electron chi connectivity index (χ3n) is 3.64. The van der Waals surface area contributed by atoms with Crippen LogP contribution < -0.4 is 16.0 Å². The molecule has 106 valence electrons. The number of anilines is 1. The van der Waals surface area contributed by atoms with Crippen LogP contribution in [-0.4, -0.2) is 19.4 Å². The summed E-state index contributed by atoms with van der Waals surface area (Å²) in [6.45, 7) is 1.93. The second kappa shape index (κ2) is 5.85. The average molecular weight is 284 g/mol. The summed E-state index contributed by atoms with van der Waals surface area (Å²) in [6.07, 6.45) is 5.87. The molecule has 1 heterocycles. The standard InChI is InChI=1S/C12H20N4O2S/c1-9(10-4-2-3-5-10)16-19(17,18)11-6-7-12(15-13)14-8-11/h6-10,16H,2-5,13H2,1H3,(H,14,15). The lowest BCUT2D eigenvalue weighted by Gasteiger charge is -2.20. The van der Waals surface area contributed by atoms with Crippen molar-refractivity contribution >= 4 is 15.8 Å². The van der Waals surface area contributed by atoms with Crippen molar-refractivity contribution in [2.24, 2.45) is 11.8 Å². The van der Waals surface area contributed by atoms with Crippen LogP contribution in [0.15, 0.2) is 23.2 Å². The normalized spacial score (nSPS) is 18.4. The predicted octanol–water partition coefficient (Wildman–Crippen LogP) is 1.22. The zero-order valence-electron chi connectivity index (χ0n) is 11.0. The minimum Gasteiger partial charge on any atom is -0.308 e. The van der Waals surface area contributed by atoms with Crippen molar-refractivity contribution in [3.05, 3.63) is 18.3 Å². The lowest BCUT2D eigenvalue weighted by atomic mass is 10.0. The second-order valence-corrected chi connectivity index (χ2v) is 6.69. The van der Waals surface area contributed by atoms with Crippen LogP contribution in [-0.2, 0) is 10.0 Å². The van der Waals surface area contributed by atoms with Crippen LogP contribution in [0.4, 0.5) is 5.82 Å². The summed E-state index contributed by atoms with van der Waals surface area (Å²) in [5, 5.41) is 0. The minimum absolute atomic E-state index is 0.0418. The van der Waals surface area contributed by atoms with E-state index in [1.54, 1.807) is 0 Å². The van der Waals surface area contributed by atoms with Crippen LogP contribution in [0.3, 0.4) is 0 Å². The SMILES string of the molecule is CC(NS(=O)(=O)c1ccc(NN)nc1)C1CCCC1. The molecule has 0 radical (unpaired) electrons. The summed E-state index contributed by atoms with van der Waals surface area (Å²) in [7, 11) is -3.50. The fourth-order valence-electron chi connectivity index (χ4n) is 2.49. The number of hydrazine groups is 1. The van der Waals surface area contributed by atoms with Crippen LogP contribution in [0.1, 0.15) is 32.6 Å². The molecule has 0 spiro atoms. The zero-order valence-corrected chi connectivity index (χ0v) is 11.8. The molecule has 1 aromatic rings. The highest BCUT2D eigenvalue weighted by Gasteiger charge is 2.26. The average Bonchev–Trinajstić information content (AvgIpc) is 2.92. The van der Waals surface area contributed by atoms with Crippen molar-refractivity contribution in [3.63, 3.8) is 0 Å². The number of nitrogens with two attached hydrogens (primary N) is 1. The number of nitrogens with zero attached hydrogens (tertiary/aromatic N) is 1. The second-order valence-electron chi connectivity index (χ2n) is 4.98. The van der Waals surface area contributed by atoms with Crippen LogP contribution in [0.25, 0.3) is 0 Å². The summed E-state index contributed by atoms with van der Waals surface area (Å²) in [4.78, 5) is 4.08. The number of hydrogen-bond donors (Lipinski definition) is 3. The molecule has 0 amide bonds. The molecule has 0 aliphatic heterocycles. The number of rotatable bonds is 5. The van der Waals surface area contributed by atoms with Crippen molar-refractivity contribution in [1.82, 2.24) is 9.71 Å². The van der Waals surface area contributed by atoms with Crippen molar-refractivity contribution < 1.29 is 8.42 Å². The van der Waals surface area contributed by atoms with Crippen molar-refractivity contribution in [1.29, 1.82) is 0 Å². The quantitative estimate of drug-likeness (QED) is 0.558. The fraction of sp³-hybridized carbons (Fsp3) is 0.583. The molecular weight excluding hydrogens is 264 g/mol. The molecule has 0 bridgehead atoms. The van der Waals surface area contributed by atoms with E-state index in [1.807, 2.05) is 6.92 Å². The van der Waals surface area contributed by atoms with Gasteiger partial charge in [-0.1, -0.05) is 12.8 Å². The third-order valence-corrected chi connectivity index (χ3v) is 5.19. The first-order valence-corrected chi connectivity index (χ1v) is 7.96. The Hall–Kier alpha value is -1.18. The molecule has 6 nitrogen and oxygen atoms in total. The van der Waals surface area contributed by atoms with Gasteiger partial charge in [0.1, 0.15) is 10.7 Å². The first-order valence-electron chi connectivity index (χ1n) is 6.48. The zero-order chi connectivity index (χ0) is 13.9. The Labute approximate surface area is 113 Å². The molecule has 1 saturated carbocycles. The Kier molecular flexibility index (Phi) is 4.38. The first kappa shape index (κ1) is 14.2. The molecule has 1 aliphatic rings. The van der Waals surface area contributed by atoms with Gasteiger partial charge in [-0.05, 0) is 37.8 Å². The van der Waals surface area contributed by atoms with Crippen molar-refractivity contribution in [2.45, 2.75) is 43.5 Å². The Morgan fingerprint density at radius 1 is 1.37 bits per heavy atom. The molecule has 1 aromatic heterocycles. The van der Waals surface area contributed by atoms with Gasteiger partial charge in [0.15, 0.2) is 0 Å². The molecular formula is C12H20N4O2S. The highest BCUT2D eigenvalue weighted by Crippen LogP contribution is 2.28. The van der Waals surface area contributed by atoms with Gasteiger partial charge in [-0.3, -0.25) is 0 Å². The lowest BCUT2D eigenvalue weighted by molar-refractivity contribution is 0.424. The summed E-state index contributed by atoms with van der Waals surface area (Å²) < 4.78 is 27.1. The van der Waals surface area contributed by atoms with E-state index in [-0.39, 0.29) is 10.9 Å². The maximum absolute atomic E-state index is 12.2. The van der Waals surface area contributed by atoms with Crippen LogP contribution in [0.2, 0.25) is 0 Å². The van der Waals surface area contributed by atoms with Gasteiger partial charge in [0.2, 0.25) is 10.0 Å². The van der Waals surface area contributed by atoms with E-state index in [0.29, 0.717) is 11.7 Å². The van der Waals surface area contributed by atoms with Gasteiger partial charge >= 0.3 is 0 Å². The Balaban J connectivity index is 2.08. The lowest BCUT2D eigenvalue weighted by Crippen LogP contribution is -2.37.